The van der Waals surface area contributed by atoms with Gasteiger partial charge in [-0.15, -0.1) is 0 Å². The second-order valence-corrected chi connectivity index (χ2v) is 7.04. The Morgan fingerprint density at radius 3 is 2.50 bits per heavy atom. The summed E-state index contributed by atoms with van der Waals surface area (Å²) in [5.74, 6) is 0.649. The summed E-state index contributed by atoms with van der Waals surface area (Å²) in [4.78, 5) is 14.1. The highest BCUT2D eigenvalue weighted by Gasteiger charge is 2.43. The summed E-state index contributed by atoms with van der Waals surface area (Å²) in [6.45, 7) is 7.03. The van der Waals surface area contributed by atoms with Gasteiger partial charge < -0.3 is 9.84 Å². The van der Waals surface area contributed by atoms with Crippen molar-refractivity contribution >= 4 is 5.97 Å². The van der Waals surface area contributed by atoms with Crippen molar-refractivity contribution in [3.05, 3.63) is 0 Å². The Hall–Kier alpha value is -0.610. The molecule has 1 saturated heterocycles. The Balaban J connectivity index is 2.00. The number of carbonyl (C=O) groups is 1. The van der Waals surface area contributed by atoms with Crippen LogP contribution in [-0.2, 0) is 9.53 Å². The number of methoxy groups -OCH3 is 1. The molecule has 1 aliphatic carbocycles. The molecule has 4 heteroatoms. The molecule has 0 aromatic heterocycles. The van der Waals surface area contributed by atoms with E-state index in [0.29, 0.717) is 18.4 Å². The number of ether oxygens (including phenoxy) is 1. The highest BCUT2D eigenvalue weighted by Crippen LogP contribution is 2.40. The molecule has 0 amide bonds. The molecule has 0 aromatic carbocycles. The minimum absolute atomic E-state index is 0.247. The molecule has 0 bridgehead atoms. The Labute approximate surface area is 122 Å². The number of carboxylic acids is 1. The molecule has 116 valence electrons. The van der Waals surface area contributed by atoms with Crippen LogP contribution in [0.4, 0.5) is 0 Å². The van der Waals surface area contributed by atoms with E-state index in [1.807, 2.05) is 0 Å². The van der Waals surface area contributed by atoms with Crippen molar-refractivity contribution in [2.75, 3.05) is 26.7 Å². The van der Waals surface area contributed by atoms with Crippen molar-refractivity contribution in [2.24, 2.45) is 17.3 Å². The Bertz CT molecular complexity index is 337. The molecule has 1 N–H and O–H groups in total. The van der Waals surface area contributed by atoms with E-state index in [1.54, 1.807) is 7.11 Å². The summed E-state index contributed by atoms with van der Waals surface area (Å²) in [5, 5.41) is 9.72. The number of aliphatic carboxylic acids is 1. The monoisotopic (exact) mass is 283 g/mol. The second-order valence-electron chi connectivity index (χ2n) is 7.04. The van der Waals surface area contributed by atoms with E-state index in [0.717, 1.165) is 45.2 Å². The summed E-state index contributed by atoms with van der Waals surface area (Å²) in [6.07, 6.45) is 5.09. The minimum Gasteiger partial charge on any atom is -0.481 e. The predicted molar refractivity (Wildman–Crippen MR) is 78.7 cm³/mol. The van der Waals surface area contributed by atoms with E-state index in [9.17, 15) is 9.90 Å². The molecule has 2 unspecified atom stereocenters. The van der Waals surface area contributed by atoms with Gasteiger partial charge in [0, 0.05) is 20.2 Å². The summed E-state index contributed by atoms with van der Waals surface area (Å²) in [6, 6.07) is 0. The molecule has 1 heterocycles. The van der Waals surface area contributed by atoms with Crippen molar-refractivity contribution in [3.8, 4) is 0 Å². The van der Waals surface area contributed by atoms with Gasteiger partial charge in [0.1, 0.15) is 0 Å². The van der Waals surface area contributed by atoms with Crippen LogP contribution in [0.3, 0.4) is 0 Å². The van der Waals surface area contributed by atoms with Crippen molar-refractivity contribution in [1.29, 1.82) is 0 Å². The van der Waals surface area contributed by atoms with Gasteiger partial charge in [-0.05, 0) is 50.5 Å². The zero-order chi connectivity index (χ0) is 14.8. The van der Waals surface area contributed by atoms with E-state index in [-0.39, 0.29) is 6.10 Å². The smallest absolute Gasteiger partial charge is 0.310 e. The number of nitrogens with zero attached hydrogens (tertiary/aromatic N) is 1. The standard InChI is InChI=1S/C16H29NO3/c1-12-4-7-16(8-5-12,15(18)19)11-17-9-6-13(2)14(10-17)20-3/h12-14H,4-11H2,1-3H3,(H,18,19). The van der Waals surface area contributed by atoms with E-state index in [1.165, 1.54) is 0 Å². The van der Waals surface area contributed by atoms with E-state index in [2.05, 4.69) is 18.7 Å². The summed E-state index contributed by atoms with van der Waals surface area (Å²) in [5.41, 5.74) is -0.522. The third kappa shape index (κ3) is 3.34. The van der Waals surface area contributed by atoms with Gasteiger partial charge in [-0.1, -0.05) is 13.8 Å². The lowest BCUT2D eigenvalue weighted by Crippen LogP contribution is -2.51. The van der Waals surface area contributed by atoms with Crippen LogP contribution in [0.5, 0.6) is 0 Å². The van der Waals surface area contributed by atoms with Crippen LogP contribution in [0, 0.1) is 17.3 Å². The van der Waals surface area contributed by atoms with Gasteiger partial charge in [0.2, 0.25) is 0 Å². The van der Waals surface area contributed by atoms with Crippen molar-refractivity contribution in [2.45, 2.75) is 52.1 Å². The largest absolute Gasteiger partial charge is 0.481 e. The highest BCUT2D eigenvalue weighted by atomic mass is 16.5. The first-order valence-electron chi connectivity index (χ1n) is 7.95. The zero-order valence-electron chi connectivity index (χ0n) is 13.1. The summed E-state index contributed by atoms with van der Waals surface area (Å²) in [7, 11) is 1.76. The first kappa shape index (κ1) is 15.8. The molecular formula is C16H29NO3. The number of piperidine rings is 1. The number of hydrogen-bond donors (Lipinski definition) is 1. The van der Waals surface area contributed by atoms with Gasteiger partial charge in [-0.3, -0.25) is 9.69 Å². The molecule has 20 heavy (non-hydrogen) atoms. The summed E-state index contributed by atoms with van der Waals surface area (Å²) >= 11 is 0. The third-order valence-corrected chi connectivity index (χ3v) is 5.49. The maximum atomic E-state index is 11.8. The first-order chi connectivity index (χ1) is 9.47. The molecule has 1 saturated carbocycles. The Morgan fingerprint density at radius 2 is 1.95 bits per heavy atom. The van der Waals surface area contributed by atoms with Crippen LogP contribution in [0.25, 0.3) is 0 Å². The first-order valence-corrected chi connectivity index (χ1v) is 7.95. The molecule has 2 fully saturated rings. The predicted octanol–water partition coefficient (Wildman–Crippen LogP) is 2.62. The molecule has 0 aromatic rings. The normalized spacial score (nSPS) is 39.6. The Kier molecular flexibility index (Phi) is 5.08. The topological polar surface area (TPSA) is 49.8 Å². The molecule has 1 aliphatic heterocycles. The lowest BCUT2D eigenvalue weighted by Gasteiger charge is -2.43. The van der Waals surface area contributed by atoms with Crippen LogP contribution in [0.15, 0.2) is 0 Å². The lowest BCUT2D eigenvalue weighted by atomic mass is 9.70. The molecule has 4 nitrogen and oxygen atoms in total. The molecule has 0 radical (unpaired) electrons. The third-order valence-electron chi connectivity index (χ3n) is 5.49. The Morgan fingerprint density at radius 1 is 1.30 bits per heavy atom. The average molecular weight is 283 g/mol. The highest BCUT2D eigenvalue weighted by molar-refractivity contribution is 5.75. The average Bonchev–Trinajstić information content (AvgIpc) is 2.43. The van der Waals surface area contributed by atoms with Gasteiger partial charge in [-0.25, -0.2) is 0 Å². The fraction of sp³-hybridized carbons (Fsp3) is 0.938. The molecule has 2 atom stereocenters. The van der Waals surface area contributed by atoms with Crippen LogP contribution < -0.4 is 0 Å². The quantitative estimate of drug-likeness (QED) is 0.861. The van der Waals surface area contributed by atoms with Gasteiger partial charge >= 0.3 is 5.97 Å². The lowest BCUT2D eigenvalue weighted by molar-refractivity contribution is -0.154. The van der Waals surface area contributed by atoms with Crippen LogP contribution in [0.1, 0.15) is 46.0 Å². The van der Waals surface area contributed by atoms with E-state index in [4.69, 9.17) is 4.74 Å². The SMILES string of the molecule is COC1CN(CC2(C(=O)O)CCC(C)CC2)CCC1C. The molecule has 2 rings (SSSR count). The number of hydrogen-bond acceptors (Lipinski definition) is 3. The van der Waals surface area contributed by atoms with Crippen LogP contribution in [-0.4, -0.2) is 48.8 Å². The number of likely N-dealkylation sites (tertiary alicyclic amines) is 1. The zero-order valence-corrected chi connectivity index (χ0v) is 13.1. The minimum atomic E-state index is -0.600. The maximum absolute atomic E-state index is 11.8. The molecular weight excluding hydrogens is 254 g/mol. The second kappa shape index (κ2) is 6.44. The van der Waals surface area contributed by atoms with Gasteiger partial charge in [0.05, 0.1) is 11.5 Å². The fourth-order valence-electron chi connectivity index (χ4n) is 3.73. The van der Waals surface area contributed by atoms with Crippen molar-refractivity contribution < 1.29 is 14.6 Å². The van der Waals surface area contributed by atoms with E-state index >= 15 is 0 Å². The fourth-order valence-corrected chi connectivity index (χ4v) is 3.73. The van der Waals surface area contributed by atoms with Gasteiger partial charge in [-0.2, -0.15) is 0 Å². The molecule has 0 spiro atoms. The van der Waals surface area contributed by atoms with Crippen molar-refractivity contribution in [3.63, 3.8) is 0 Å². The van der Waals surface area contributed by atoms with Crippen LogP contribution >= 0.6 is 0 Å². The number of rotatable bonds is 4. The van der Waals surface area contributed by atoms with Crippen LogP contribution in [0.2, 0.25) is 0 Å². The molecule has 2 aliphatic rings. The maximum Gasteiger partial charge on any atom is 0.310 e. The van der Waals surface area contributed by atoms with Gasteiger partial charge in [0.15, 0.2) is 0 Å². The van der Waals surface area contributed by atoms with Crippen molar-refractivity contribution in [1.82, 2.24) is 4.90 Å². The number of carboxylic acid groups (broad SMARTS) is 1. The summed E-state index contributed by atoms with van der Waals surface area (Å²) < 4.78 is 5.54. The van der Waals surface area contributed by atoms with Gasteiger partial charge in [0.25, 0.3) is 0 Å². The van der Waals surface area contributed by atoms with E-state index < -0.39 is 11.4 Å².